The lowest BCUT2D eigenvalue weighted by molar-refractivity contribution is -0.231. The van der Waals surface area contributed by atoms with Crippen molar-refractivity contribution in [2.75, 3.05) is 19.5 Å². The smallest absolute Gasteiger partial charge is 0.183 e. The predicted octanol–water partition coefficient (Wildman–Crippen LogP) is 2.17. The van der Waals surface area contributed by atoms with Gasteiger partial charge in [0.25, 0.3) is 0 Å². The van der Waals surface area contributed by atoms with Gasteiger partial charge in [-0.25, -0.2) is 0 Å². The quantitative estimate of drug-likeness (QED) is 0.744. The van der Waals surface area contributed by atoms with Crippen molar-refractivity contribution in [3.05, 3.63) is 0 Å². The minimum Gasteiger partial charge on any atom is -0.366 e. The van der Waals surface area contributed by atoms with Crippen molar-refractivity contribution in [1.82, 2.24) is 0 Å². The molecule has 3 saturated heterocycles. The van der Waals surface area contributed by atoms with Crippen LogP contribution in [0.15, 0.2) is 0 Å². The van der Waals surface area contributed by atoms with Crippen LogP contribution < -0.4 is 0 Å². The molecule has 6 atom stereocenters. The molecule has 3 aliphatic heterocycles. The van der Waals surface area contributed by atoms with E-state index in [2.05, 4.69) is 6.92 Å². The molecule has 3 fully saturated rings. The van der Waals surface area contributed by atoms with Gasteiger partial charge in [0.15, 0.2) is 6.29 Å². The fourth-order valence-corrected chi connectivity index (χ4v) is 4.88. The molecule has 6 heteroatoms. The molecule has 0 aromatic rings. The number of carbonyl (C=O) groups excluding carboxylic acids is 1. The van der Waals surface area contributed by atoms with Crippen LogP contribution in [0.2, 0.25) is 0 Å². The summed E-state index contributed by atoms with van der Waals surface area (Å²) in [5.41, 5.74) is -0.333. The fraction of sp³-hybridized carbons (Fsp3) is 0.938. The Bertz CT molecular complexity index is 417. The van der Waals surface area contributed by atoms with Gasteiger partial charge in [-0.1, -0.05) is 6.92 Å². The van der Waals surface area contributed by atoms with Crippen LogP contribution in [0, 0.1) is 0 Å². The van der Waals surface area contributed by atoms with E-state index in [4.69, 9.17) is 18.9 Å². The number of rotatable bonds is 6. The molecule has 0 saturated carbocycles. The number of fused-ring (bicyclic) bond motifs is 1. The average Bonchev–Trinajstić information content (AvgIpc) is 2.79. The second-order valence-corrected chi connectivity index (χ2v) is 7.93. The van der Waals surface area contributed by atoms with Gasteiger partial charge in [0.1, 0.15) is 17.5 Å². The monoisotopic (exact) mass is 330 g/mol. The molecule has 3 aliphatic rings. The van der Waals surface area contributed by atoms with Crippen molar-refractivity contribution >= 4 is 17.5 Å². The number of Topliss-reactive ketones (excluding diaryl/α,β-unsaturated/α-hetero) is 1. The second kappa shape index (κ2) is 6.77. The van der Waals surface area contributed by atoms with Crippen LogP contribution in [0.3, 0.4) is 0 Å². The van der Waals surface area contributed by atoms with Gasteiger partial charge < -0.3 is 18.9 Å². The van der Waals surface area contributed by atoms with E-state index in [0.29, 0.717) is 6.61 Å². The molecular weight excluding hydrogens is 304 g/mol. The van der Waals surface area contributed by atoms with E-state index in [9.17, 15) is 4.79 Å². The third kappa shape index (κ3) is 3.08. The van der Waals surface area contributed by atoms with E-state index < -0.39 is 0 Å². The molecule has 22 heavy (non-hydrogen) atoms. The van der Waals surface area contributed by atoms with Crippen LogP contribution >= 0.6 is 11.8 Å². The highest BCUT2D eigenvalue weighted by Crippen LogP contribution is 2.47. The van der Waals surface area contributed by atoms with Gasteiger partial charge in [-0.05, 0) is 31.9 Å². The van der Waals surface area contributed by atoms with Gasteiger partial charge >= 0.3 is 0 Å². The first-order valence-corrected chi connectivity index (χ1v) is 9.22. The van der Waals surface area contributed by atoms with Gasteiger partial charge in [-0.2, -0.15) is 11.8 Å². The number of methoxy groups -OCH3 is 1. The highest BCUT2D eigenvalue weighted by Gasteiger charge is 2.58. The molecule has 0 aliphatic carbocycles. The summed E-state index contributed by atoms with van der Waals surface area (Å²) in [6, 6.07) is 0. The minimum absolute atomic E-state index is 0.0314. The topological polar surface area (TPSA) is 54.0 Å². The number of ketones is 1. The van der Waals surface area contributed by atoms with Crippen molar-refractivity contribution < 1.29 is 23.7 Å². The maximum atomic E-state index is 11.8. The summed E-state index contributed by atoms with van der Waals surface area (Å²) in [5, 5.41) is 0.0392. The molecule has 0 radical (unpaired) electrons. The Hall–Kier alpha value is -0.140. The lowest BCUT2D eigenvalue weighted by Gasteiger charge is -2.43. The fourth-order valence-electron chi connectivity index (χ4n) is 3.89. The Kier molecular flexibility index (Phi) is 5.14. The zero-order valence-corrected chi connectivity index (χ0v) is 14.4. The SMILES string of the molecule is CCSC(CC1CC[C@@H]2O[C@@H]3CC2(CO[C@H]3OC)O1)C(C)=O. The van der Waals surface area contributed by atoms with E-state index in [1.807, 2.05) is 0 Å². The van der Waals surface area contributed by atoms with Crippen LogP contribution in [0.4, 0.5) is 0 Å². The zero-order valence-electron chi connectivity index (χ0n) is 13.6. The van der Waals surface area contributed by atoms with Crippen molar-refractivity contribution in [1.29, 1.82) is 0 Å². The standard InChI is InChI=1S/C16H26O5S/c1-4-22-13(10(2)17)7-11-5-6-14-16(21-11)8-12(20-14)15(18-3)19-9-16/h11-15H,4-9H2,1-3H3/t11?,12-,13?,14+,15-,16?/m1/s1. The molecule has 0 amide bonds. The van der Waals surface area contributed by atoms with Crippen molar-refractivity contribution in [2.24, 2.45) is 0 Å². The summed E-state index contributed by atoms with van der Waals surface area (Å²) in [5.74, 6) is 1.20. The molecule has 0 aromatic carbocycles. The third-order valence-corrected chi connectivity index (χ3v) is 6.21. The van der Waals surface area contributed by atoms with Gasteiger partial charge in [0.05, 0.1) is 24.1 Å². The highest BCUT2D eigenvalue weighted by molar-refractivity contribution is 8.00. The Morgan fingerprint density at radius 3 is 2.95 bits per heavy atom. The zero-order chi connectivity index (χ0) is 15.7. The van der Waals surface area contributed by atoms with Crippen LogP contribution in [0.1, 0.15) is 39.5 Å². The molecule has 0 aromatic heterocycles. The molecule has 1 spiro atoms. The van der Waals surface area contributed by atoms with Gasteiger partial charge in [0.2, 0.25) is 0 Å². The maximum Gasteiger partial charge on any atom is 0.183 e. The van der Waals surface area contributed by atoms with Crippen LogP contribution in [0.25, 0.3) is 0 Å². The first-order chi connectivity index (χ1) is 10.6. The molecule has 126 valence electrons. The number of hydrogen-bond donors (Lipinski definition) is 0. The van der Waals surface area contributed by atoms with E-state index in [1.54, 1.807) is 25.8 Å². The Morgan fingerprint density at radius 2 is 2.27 bits per heavy atom. The van der Waals surface area contributed by atoms with E-state index in [0.717, 1.165) is 31.4 Å². The molecule has 2 bridgehead atoms. The largest absolute Gasteiger partial charge is 0.366 e. The average molecular weight is 330 g/mol. The molecular formula is C16H26O5S. The summed E-state index contributed by atoms with van der Waals surface area (Å²) in [6.45, 7) is 4.29. The van der Waals surface area contributed by atoms with Crippen LogP contribution in [-0.4, -0.2) is 60.7 Å². The molecule has 0 N–H and O–H groups in total. The summed E-state index contributed by atoms with van der Waals surface area (Å²) in [7, 11) is 1.65. The number of ether oxygens (including phenoxy) is 4. The third-order valence-electron chi connectivity index (χ3n) is 4.95. The summed E-state index contributed by atoms with van der Waals surface area (Å²) in [6.07, 6.45) is 3.46. The summed E-state index contributed by atoms with van der Waals surface area (Å²) in [4.78, 5) is 11.8. The van der Waals surface area contributed by atoms with E-state index >= 15 is 0 Å². The van der Waals surface area contributed by atoms with Gasteiger partial charge in [-0.3, -0.25) is 4.79 Å². The second-order valence-electron chi connectivity index (χ2n) is 6.45. The highest BCUT2D eigenvalue weighted by atomic mass is 32.2. The lowest BCUT2D eigenvalue weighted by atomic mass is 9.85. The Labute approximate surface area is 136 Å². The van der Waals surface area contributed by atoms with Crippen LogP contribution in [0.5, 0.6) is 0 Å². The van der Waals surface area contributed by atoms with Crippen molar-refractivity contribution in [2.45, 2.75) is 75.0 Å². The Morgan fingerprint density at radius 1 is 1.45 bits per heavy atom. The molecule has 3 heterocycles. The number of hydrogen-bond acceptors (Lipinski definition) is 6. The van der Waals surface area contributed by atoms with E-state index in [1.165, 1.54) is 0 Å². The van der Waals surface area contributed by atoms with Crippen molar-refractivity contribution in [3.63, 3.8) is 0 Å². The van der Waals surface area contributed by atoms with Gasteiger partial charge in [0, 0.05) is 13.5 Å². The van der Waals surface area contributed by atoms with E-state index in [-0.39, 0.29) is 41.2 Å². The normalized spacial score (nSPS) is 42.0. The maximum absolute atomic E-state index is 11.8. The molecule has 3 rings (SSSR count). The van der Waals surface area contributed by atoms with Gasteiger partial charge in [-0.15, -0.1) is 0 Å². The summed E-state index contributed by atoms with van der Waals surface area (Å²) < 4.78 is 23.6. The number of thioether (sulfide) groups is 1. The number of carbonyl (C=O) groups is 1. The predicted molar refractivity (Wildman–Crippen MR) is 84.1 cm³/mol. The first-order valence-electron chi connectivity index (χ1n) is 8.17. The molecule has 3 unspecified atom stereocenters. The molecule has 5 nitrogen and oxygen atoms in total. The Balaban J connectivity index is 1.64. The lowest BCUT2D eigenvalue weighted by Crippen LogP contribution is -2.54. The minimum atomic E-state index is -0.333. The first kappa shape index (κ1) is 16.7. The van der Waals surface area contributed by atoms with Crippen molar-refractivity contribution in [3.8, 4) is 0 Å². The van der Waals surface area contributed by atoms with Crippen LogP contribution in [-0.2, 0) is 23.7 Å². The summed E-state index contributed by atoms with van der Waals surface area (Å²) >= 11 is 1.72.